The topological polar surface area (TPSA) is 58.2 Å². The van der Waals surface area contributed by atoms with Crippen LogP contribution in [0.3, 0.4) is 0 Å². The number of carbonyl (C=O) groups excluding carboxylic acids is 2. The van der Waals surface area contributed by atoms with Gasteiger partial charge in [0, 0.05) is 23.9 Å². The fourth-order valence-corrected chi connectivity index (χ4v) is 3.90. The second-order valence-corrected chi connectivity index (χ2v) is 6.94. The van der Waals surface area contributed by atoms with Crippen molar-refractivity contribution in [2.45, 2.75) is 38.5 Å². The molecule has 0 saturated heterocycles. The Kier molecular flexibility index (Phi) is 5.71. The summed E-state index contributed by atoms with van der Waals surface area (Å²) in [5, 5.41) is 5.49. The summed E-state index contributed by atoms with van der Waals surface area (Å²) in [6, 6.07) is 14.9. The number of rotatable bonds is 5. The maximum atomic E-state index is 12.4. The molecule has 136 valence electrons. The number of hydrogen-bond acceptors (Lipinski definition) is 2. The lowest BCUT2D eigenvalue weighted by Crippen LogP contribution is -2.18. The Morgan fingerprint density at radius 3 is 2.12 bits per heavy atom. The van der Waals surface area contributed by atoms with Gasteiger partial charge in [-0.05, 0) is 66.6 Å². The molecule has 0 heterocycles. The van der Waals surface area contributed by atoms with E-state index in [0.717, 1.165) is 11.6 Å². The third kappa shape index (κ3) is 3.96. The Balaban J connectivity index is 1.65. The molecule has 0 bridgehead atoms. The van der Waals surface area contributed by atoms with Gasteiger partial charge in [0.2, 0.25) is 0 Å². The normalized spacial score (nSPS) is 19.2. The van der Waals surface area contributed by atoms with Crippen LogP contribution in [0.15, 0.2) is 48.5 Å². The summed E-state index contributed by atoms with van der Waals surface area (Å²) < 4.78 is 0. The highest BCUT2D eigenvalue weighted by Gasteiger charge is 2.26. The van der Waals surface area contributed by atoms with Crippen LogP contribution in [0, 0.1) is 5.92 Å². The molecule has 2 aromatic rings. The van der Waals surface area contributed by atoms with Gasteiger partial charge in [0.05, 0.1) is 0 Å². The quantitative estimate of drug-likeness (QED) is 0.828. The SMILES string of the molecule is CCC1CCCC1c1ccc(NC(=O)c2ccc(C(=O)NC)cc2)cc1. The van der Waals surface area contributed by atoms with E-state index in [1.54, 1.807) is 31.3 Å². The zero-order valence-electron chi connectivity index (χ0n) is 15.4. The molecule has 1 aliphatic carbocycles. The smallest absolute Gasteiger partial charge is 0.255 e. The summed E-state index contributed by atoms with van der Waals surface area (Å²) in [6.07, 6.45) is 5.14. The van der Waals surface area contributed by atoms with Crippen LogP contribution in [0.1, 0.15) is 64.8 Å². The van der Waals surface area contributed by atoms with Gasteiger partial charge in [-0.2, -0.15) is 0 Å². The molecule has 2 atom stereocenters. The second kappa shape index (κ2) is 8.17. The van der Waals surface area contributed by atoms with Crippen LogP contribution >= 0.6 is 0 Å². The fourth-order valence-electron chi connectivity index (χ4n) is 3.90. The molecular weight excluding hydrogens is 324 g/mol. The highest BCUT2D eigenvalue weighted by molar-refractivity contribution is 6.05. The van der Waals surface area contributed by atoms with Gasteiger partial charge >= 0.3 is 0 Å². The van der Waals surface area contributed by atoms with Crippen LogP contribution < -0.4 is 10.6 Å². The van der Waals surface area contributed by atoms with Crippen LogP contribution in [0.25, 0.3) is 0 Å². The molecule has 0 radical (unpaired) electrons. The van der Waals surface area contributed by atoms with Crippen LogP contribution in [0.4, 0.5) is 5.69 Å². The monoisotopic (exact) mass is 350 g/mol. The van der Waals surface area contributed by atoms with E-state index < -0.39 is 0 Å². The Morgan fingerprint density at radius 2 is 1.54 bits per heavy atom. The summed E-state index contributed by atoms with van der Waals surface area (Å²) in [5.74, 6) is 1.11. The van der Waals surface area contributed by atoms with Crippen molar-refractivity contribution in [2.75, 3.05) is 12.4 Å². The van der Waals surface area contributed by atoms with Gasteiger partial charge in [-0.15, -0.1) is 0 Å². The number of hydrogen-bond donors (Lipinski definition) is 2. The van der Waals surface area contributed by atoms with Crippen molar-refractivity contribution in [3.8, 4) is 0 Å². The largest absolute Gasteiger partial charge is 0.355 e. The summed E-state index contributed by atoms with van der Waals surface area (Å²) in [6.45, 7) is 2.27. The van der Waals surface area contributed by atoms with Crippen LogP contribution in [-0.2, 0) is 0 Å². The second-order valence-electron chi connectivity index (χ2n) is 6.94. The molecule has 0 aromatic heterocycles. The molecule has 4 nitrogen and oxygen atoms in total. The van der Waals surface area contributed by atoms with E-state index in [1.165, 1.54) is 31.2 Å². The average molecular weight is 350 g/mol. The van der Waals surface area contributed by atoms with Gasteiger partial charge in [0.25, 0.3) is 11.8 Å². The highest BCUT2D eigenvalue weighted by atomic mass is 16.2. The molecule has 2 amide bonds. The first-order valence-corrected chi connectivity index (χ1v) is 9.35. The molecule has 2 N–H and O–H groups in total. The molecule has 1 fully saturated rings. The molecule has 26 heavy (non-hydrogen) atoms. The number of amides is 2. The van der Waals surface area contributed by atoms with E-state index in [4.69, 9.17) is 0 Å². The van der Waals surface area contributed by atoms with Crippen LogP contribution in [-0.4, -0.2) is 18.9 Å². The van der Waals surface area contributed by atoms with Crippen molar-refractivity contribution in [2.24, 2.45) is 5.92 Å². The molecule has 0 spiro atoms. The third-order valence-electron chi connectivity index (χ3n) is 5.42. The van der Waals surface area contributed by atoms with Gasteiger partial charge in [-0.1, -0.05) is 31.9 Å². The predicted molar refractivity (Wildman–Crippen MR) is 105 cm³/mol. The van der Waals surface area contributed by atoms with E-state index in [1.807, 2.05) is 12.1 Å². The first-order valence-electron chi connectivity index (χ1n) is 9.35. The maximum absolute atomic E-state index is 12.4. The molecule has 2 aromatic carbocycles. The predicted octanol–water partition coefficient (Wildman–Crippen LogP) is 4.59. The zero-order valence-corrected chi connectivity index (χ0v) is 15.4. The minimum Gasteiger partial charge on any atom is -0.355 e. The number of nitrogens with one attached hydrogen (secondary N) is 2. The Morgan fingerprint density at radius 1 is 0.923 bits per heavy atom. The average Bonchev–Trinajstić information content (AvgIpc) is 3.17. The van der Waals surface area contributed by atoms with Gasteiger partial charge in [-0.25, -0.2) is 0 Å². The summed E-state index contributed by atoms with van der Waals surface area (Å²) in [7, 11) is 1.58. The maximum Gasteiger partial charge on any atom is 0.255 e. The van der Waals surface area contributed by atoms with Crippen molar-refractivity contribution >= 4 is 17.5 Å². The van der Waals surface area contributed by atoms with Crippen molar-refractivity contribution < 1.29 is 9.59 Å². The minimum absolute atomic E-state index is 0.162. The molecule has 2 unspecified atom stereocenters. The highest BCUT2D eigenvalue weighted by Crippen LogP contribution is 2.41. The first kappa shape index (κ1) is 18.2. The molecule has 4 heteroatoms. The number of carbonyl (C=O) groups is 2. The summed E-state index contributed by atoms with van der Waals surface area (Å²) in [4.78, 5) is 24.0. The molecule has 1 saturated carbocycles. The third-order valence-corrected chi connectivity index (χ3v) is 5.42. The van der Waals surface area contributed by atoms with Crippen molar-refractivity contribution in [1.82, 2.24) is 5.32 Å². The van der Waals surface area contributed by atoms with Crippen LogP contribution in [0.2, 0.25) is 0 Å². The lowest BCUT2D eigenvalue weighted by atomic mass is 9.87. The lowest BCUT2D eigenvalue weighted by molar-refractivity contribution is 0.0961. The summed E-state index contributed by atoms with van der Waals surface area (Å²) >= 11 is 0. The number of benzene rings is 2. The molecule has 1 aliphatic rings. The minimum atomic E-state index is -0.173. The molecule has 3 rings (SSSR count). The standard InChI is InChI=1S/C22H26N2O2/c1-3-15-5-4-6-20(15)16-11-13-19(14-12-16)24-22(26)18-9-7-17(8-10-18)21(25)23-2/h7-15,20H,3-6H2,1-2H3,(H,23,25)(H,24,26). The van der Waals surface area contributed by atoms with E-state index in [2.05, 4.69) is 29.7 Å². The van der Waals surface area contributed by atoms with Gasteiger partial charge in [-0.3, -0.25) is 9.59 Å². The van der Waals surface area contributed by atoms with Crippen LogP contribution in [0.5, 0.6) is 0 Å². The van der Waals surface area contributed by atoms with E-state index in [-0.39, 0.29) is 11.8 Å². The first-order chi connectivity index (χ1) is 12.6. The van der Waals surface area contributed by atoms with E-state index in [9.17, 15) is 9.59 Å². The molecule has 0 aliphatic heterocycles. The number of anilines is 1. The van der Waals surface area contributed by atoms with Gasteiger partial charge in [0.1, 0.15) is 0 Å². The van der Waals surface area contributed by atoms with Crippen molar-refractivity contribution in [3.05, 3.63) is 65.2 Å². The Hall–Kier alpha value is -2.62. The van der Waals surface area contributed by atoms with Crippen molar-refractivity contribution in [1.29, 1.82) is 0 Å². The van der Waals surface area contributed by atoms with E-state index in [0.29, 0.717) is 17.0 Å². The van der Waals surface area contributed by atoms with E-state index >= 15 is 0 Å². The zero-order chi connectivity index (χ0) is 18.5. The summed E-state index contributed by atoms with van der Waals surface area (Å²) in [5.41, 5.74) is 3.24. The fraction of sp³-hybridized carbons (Fsp3) is 0.364. The van der Waals surface area contributed by atoms with Gasteiger partial charge < -0.3 is 10.6 Å². The lowest BCUT2D eigenvalue weighted by Gasteiger charge is -2.18. The Labute approximate surface area is 155 Å². The molecular formula is C22H26N2O2. The van der Waals surface area contributed by atoms with Crippen molar-refractivity contribution in [3.63, 3.8) is 0 Å². The Bertz CT molecular complexity index is 766. The van der Waals surface area contributed by atoms with Gasteiger partial charge in [0.15, 0.2) is 0 Å².